The van der Waals surface area contributed by atoms with Crippen molar-refractivity contribution in [3.8, 4) is 0 Å². The SMILES string of the molecule is CCCCC/C=C/CCCCCCCCO[C@@H](CO)[C@H]1OC[C@@H](O)[C@H]1O. The minimum absolute atomic E-state index is 0.0968. The Morgan fingerprint density at radius 1 is 0.962 bits per heavy atom. The number of rotatable bonds is 16. The second kappa shape index (κ2) is 15.6. The molecule has 1 aliphatic heterocycles. The highest BCUT2D eigenvalue weighted by Crippen LogP contribution is 2.20. The number of aliphatic hydroxyl groups excluding tert-OH is 3. The van der Waals surface area contributed by atoms with E-state index in [9.17, 15) is 15.3 Å². The predicted octanol–water partition coefficient (Wildman–Crippen LogP) is 3.35. The standard InChI is InChI=1S/C21H40O5/c1-2-3-4-5-6-7-8-9-10-11-12-13-14-15-25-19(16-22)21-20(24)18(23)17-26-21/h6-7,18-24H,2-5,8-17H2,1H3/b7-6+/t18-,19+,20-,21-/m1/s1. The van der Waals surface area contributed by atoms with E-state index in [4.69, 9.17) is 9.47 Å². The summed E-state index contributed by atoms with van der Waals surface area (Å²) in [5.74, 6) is 0. The quantitative estimate of drug-likeness (QED) is 0.286. The Hall–Kier alpha value is -0.460. The van der Waals surface area contributed by atoms with Crippen molar-refractivity contribution in [3.63, 3.8) is 0 Å². The Morgan fingerprint density at radius 2 is 1.58 bits per heavy atom. The van der Waals surface area contributed by atoms with E-state index in [1.165, 1.54) is 57.8 Å². The summed E-state index contributed by atoms with van der Waals surface area (Å²) in [5.41, 5.74) is 0. The lowest BCUT2D eigenvalue weighted by Crippen LogP contribution is -2.42. The summed E-state index contributed by atoms with van der Waals surface area (Å²) < 4.78 is 10.9. The fourth-order valence-electron chi connectivity index (χ4n) is 3.26. The number of allylic oxidation sites excluding steroid dienone is 2. The molecule has 0 aromatic rings. The summed E-state index contributed by atoms with van der Waals surface area (Å²) in [5, 5.41) is 28.7. The summed E-state index contributed by atoms with van der Waals surface area (Å²) in [7, 11) is 0. The molecule has 1 heterocycles. The molecule has 0 aromatic heterocycles. The Kier molecular flexibility index (Phi) is 14.1. The maximum atomic E-state index is 9.80. The molecule has 0 radical (unpaired) electrons. The van der Waals surface area contributed by atoms with E-state index in [2.05, 4.69) is 19.1 Å². The average Bonchev–Trinajstić information content (AvgIpc) is 2.98. The minimum Gasteiger partial charge on any atom is -0.394 e. The van der Waals surface area contributed by atoms with Gasteiger partial charge in [-0.2, -0.15) is 0 Å². The monoisotopic (exact) mass is 372 g/mol. The number of hydrogen-bond donors (Lipinski definition) is 3. The Balaban J connectivity index is 1.91. The van der Waals surface area contributed by atoms with Crippen LogP contribution in [0.3, 0.4) is 0 Å². The van der Waals surface area contributed by atoms with Crippen molar-refractivity contribution in [2.24, 2.45) is 0 Å². The van der Waals surface area contributed by atoms with E-state index >= 15 is 0 Å². The molecule has 0 spiro atoms. The van der Waals surface area contributed by atoms with Crippen LogP contribution in [0.5, 0.6) is 0 Å². The normalized spacial score (nSPS) is 24.5. The van der Waals surface area contributed by atoms with Crippen LogP contribution in [0.1, 0.15) is 77.6 Å². The summed E-state index contributed by atoms with van der Waals surface area (Å²) >= 11 is 0. The molecular weight excluding hydrogens is 332 g/mol. The average molecular weight is 373 g/mol. The first kappa shape index (κ1) is 23.6. The molecule has 26 heavy (non-hydrogen) atoms. The molecule has 0 aromatic carbocycles. The van der Waals surface area contributed by atoms with E-state index in [1.54, 1.807) is 0 Å². The molecule has 1 fully saturated rings. The largest absolute Gasteiger partial charge is 0.394 e. The van der Waals surface area contributed by atoms with Crippen LogP contribution in [0.25, 0.3) is 0 Å². The highest BCUT2D eigenvalue weighted by molar-refractivity contribution is 4.88. The lowest BCUT2D eigenvalue weighted by Gasteiger charge is -2.24. The van der Waals surface area contributed by atoms with Crippen LogP contribution in [0.15, 0.2) is 12.2 Å². The van der Waals surface area contributed by atoms with Crippen molar-refractivity contribution in [2.45, 2.75) is 102 Å². The first-order valence-electron chi connectivity index (χ1n) is 10.6. The molecule has 1 aliphatic rings. The smallest absolute Gasteiger partial charge is 0.114 e. The summed E-state index contributed by atoms with van der Waals surface area (Å²) in [6.07, 6.45) is 15.0. The molecular formula is C21H40O5. The number of ether oxygens (including phenoxy) is 2. The first-order valence-corrected chi connectivity index (χ1v) is 10.6. The summed E-state index contributed by atoms with van der Waals surface area (Å²) in [6, 6.07) is 0. The van der Waals surface area contributed by atoms with Gasteiger partial charge in [0.15, 0.2) is 0 Å². The lowest BCUT2D eigenvalue weighted by molar-refractivity contribution is -0.101. The minimum atomic E-state index is -0.979. The molecule has 1 rings (SSSR count). The second-order valence-corrected chi connectivity index (χ2v) is 7.32. The number of hydrogen-bond acceptors (Lipinski definition) is 5. The fourth-order valence-corrected chi connectivity index (χ4v) is 3.26. The predicted molar refractivity (Wildman–Crippen MR) is 104 cm³/mol. The molecule has 5 nitrogen and oxygen atoms in total. The zero-order chi connectivity index (χ0) is 19.0. The van der Waals surface area contributed by atoms with Gasteiger partial charge in [0.05, 0.1) is 13.2 Å². The van der Waals surface area contributed by atoms with Crippen LogP contribution in [-0.4, -0.2) is 59.6 Å². The van der Waals surface area contributed by atoms with Crippen molar-refractivity contribution < 1.29 is 24.8 Å². The van der Waals surface area contributed by atoms with Gasteiger partial charge in [-0.05, 0) is 32.1 Å². The molecule has 0 bridgehead atoms. The fraction of sp³-hybridized carbons (Fsp3) is 0.905. The zero-order valence-corrected chi connectivity index (χ0v) is 16.5. The van der Waals surface area contributed by atoms with Gasteiger partial charge in [-0.25, -0.2) is 0 Å². The Morgan fingerprint density at radius 3 is 2.15 bits per heavy atom. The number of aliphatic hydroxyl groups is 3. The molecule has 0 unspecified atom stereocenters. The third-order valence-corrected chi connectivity index (χ3v) is 4.97. The van der Waals surface area contributed by atoms with Crippen LogP contribution >= 0.6 is 0 Å². The second-order valence-electron chi connectivity index (χ2n) is 7.32. The van der Waals surface area contributed by atoms with Crippen LogP contribution < -0.4 is 0 Å². The van der Waals surface area contributed by atoms with Gasteiger partial charge >= 0.3 is 0 Å². The van der Waals surface area contributed by atoms with Crippen molar-refractivity contribution >= 4 is 0 Å². The van der Waals surface area contributed by atoms with Crippen molar-refractivity contribution in [2.75, 3.05) is 19.8 Å². The molecule has 4 atom stereocenters. The molecule has 0 saturated carbocycles. The van der Waals surface area contributed by atoms with Crippen molar-refractivity contribution in [1.82, 2.24) is 0 Å². The Bertz CT molecular complexity index is 347. The molecule has 5 heteroatoms. The van der Waals surface area contributed by atoms with E-state index < -0.39 is 24.4 Å². The van der Waals surface area contributed by atoms with Gasteiger partial charge in [0.1, 0.15) is 24.4 Å². The maximum absolute atomic E-state index is 9.80. The maximum Gasteiger partial charge on any atom is 0.114 e. The van der Waals surface area contributed by atoms with Gasteiger partial charge < -0.3 is 24.8 Å². The van der Waals surface area contributed by atoms with Gasteiger partial charge in [0, 0.05) is 6.61 Å². The van der Waals surface area contributed by atoms with Gasteiger partial charge in [-0.1, -0.05) is 57.6 Å². The molecule has 1 saturated heterocycles. The van der Waals surface area contributed by atoms with Crippen LogP contribution in [0.4, 0.5) is 0 Å². The van der Waals surface area contributed by atoms with Crippen LogP contribution in [0, 0.1) is 0 Å². The molecule has 0 amide bonds. The highest BCUT2D eigenvalue weighted by Gasteiger charge is 2.40. The van der Waals surface area contributed by atoms with E-state index in [-0.39, 0.29) is 13.2 Å². The molecule has 0 aliphatic carbocycles. The highest BCUT2D eigenvalue weighted by atomic mass is 16.6. The van der Waals surface area contributed by atoms with Gasteiger partial charge in [0.2, 0.25) is 0 Å². The summed E-state index contributed by atoms with van der Waals surface area (Å²) in [6.45, 7) is 2.68. The Labute approximate surface area is 159 Å². The molecule has 3 N–H and O–H groups in total. The van der Waals surface area contributed by atoms with Crippen molar-refractivity contribution in [3.05, 3.63) is 12.2 Å². The van der Waals surface area contributed by atoms with Gasteiger partial charge in [-0.15, -0.1) is 0 Å². The van der Waals surface area contributed by atoms with E-state index in [1.807, 2.05) is 0 Å². The third kappa shape index (κ3) is 10.0. The topological polar surface area (TPSA) is 79.2 Å². The van der Waals surface area contributed by atoms with Crippen LogP contribution in [0.2, 0.25) is 0 Å². The van der Waals surface area contributed by atoms with Gasteiger partial charge in [-0.3, -0.25) is 0 Å². The molecule has 154 valence electrons. The zero-order valence-electron chi connectivity index (χ0n) is 16.5. The third-order valence-electron chi connectivity index (χ3n) is 4.97. The van der Waals surface area contributed by atoms with Gasteiger partial charge in [0.25, 0.3) is 0 Å². The van der Waals surface area contributed by atoms with Crippen molar-refractivity contribution in [1.29, 1.82) is 0 Å². The lowest BCUT2D eigenvalue weighted by atomic mass is 10.1. The number of unbranched alkanes of at least 4 members (excludes halogenated alkanes) is 9. The first-order chi connectivity index (χ1) is 12.7. The van der Waals surface area contributed by atoms with E-state index in [0.29, 0.717) is 6.61 Å². The van der Waals surface area contributed by atoms with E-state index in [0.717, 1.165) is 12.8 Å². The summed E-state index contributed by atoms with van der Waals surface area (Å²) in [4.78, 5) is 0. The van der Waals surface area contributed by atoms with Crippen LogP contribution in [-0.2, 0) is 9.47 Å².